The second-order valence-electron chi connectivity index (χ2n) is 6.87. The molecule has 0 aliphatic heterocycles. The van der Waals surface area contributed by atoms with Crippen LogP contribution in [-0.2, 0) is 13.7 Å². The van der Waals surface area contributed by atoms with Gasteiger partial charge in [-0.2, -0.15) is 0 Å². The quantitative estimate of drug-likeness (QED) is 0.454. The van der Waals surface area contributed by atoms with E-state index in [4.69, 9.17) is 9.47 Å². The first-order chi connectivity index (χ1) is 15.1. The highest BCUT2D eigenvalue weighted by atomic mass is 32.1. The highest BCUT2D eigenvalue weighted by molar-refractivity contribution is 7.07. The molecule has 0 radical (unpaired) electrons. The van der Waals surface area contributed by atoms with E-state index in [0.717, 1.165) is 17.1 Å². The smallest absolute Gasteiger partial charge is 0.252 e. The molecule has 0 saturated carbocycles. The third-order valence-electron chi connectivity index (χ3n) is 4.81. The van der Waals surface area contributed by atoms with E-state index in [-0.39, 0.29) is 5.91 Å². The summed E-state index contributed by atoms with van der Waals surface area (Å²) in [5.41, 5.74) is 4.06. The molecule has 0 bridgehead atoms. The van der Waals surface area contributed by atoms with Crippen molar-refractivity contribution in [3.63, 3.8) is 0 Å². The summed E-state index contributed by atoms with van der Waals surface area (Å²) in [4.78, 5) is 21.7. The number of aromatic nitrogens is 3. The van der Waals surface area contributed by atoms with Gasteiger partial charge in [0.1, 0.15) is 30.0 Å². The molecule has 158 valence electrons. The van der Waals surface area contributed by atoms with Gasteiger partial charge >= 0.3 is 0 Å². The number of ether oxygens (including phenoxy) is 2. The first-order valence-corrected chi connectivity index (χ1v) is 10.6. The Balaban J connectivity index is 1.51. The fourth-order valence-corrected chi connectivity index (χ4v) is 3.70. The number of methoxy groups -OCH3 is 1. The van der Waals surface area contributed by atoms with E-state index in [1.165, 1.54) is 11.3 Å². The van der Waals surface area contributed by atoms with Crippen LogP contribution in [0.4, 0.5) is 0 Å². The minimum atomic E-state index is -0.428. The van der Waals surface area contributed by atoms with Gasteiger partial charge < -0.3 is 19.4 Å². The SMILES string of the molecule is COc1cccc(C(NC(=O)c2ccc(OCc3cscn3)cc2)c2nccn2C)c1. The number of hydrogen-bond donors (Lipinski definition) is 1. The number of amides is 1. The molecule has 0 aliphatic rings. The van der Waals surface area contributed by atoms with Crippen molar-refractivity contribution in [2.24, 2.45) is 7.05 Å². The van der Waals surface area contributed by atoms with Crippen LogP contribution in [0.3, 0.4) is 0 Å². The molecule has 0 spiro atoms. The van der Waals surface area contributed by atoms with E-state index >= 15 is 0 Å². The van der Waals surface area contributed by atoms with Gasteiger partial charge in [0.05, 0.1) is 18.3 Å². The molecular formula is C23H22N4O3S. The fraction of sp³-hybridized carbons (Fsp3) is 0.174. The molecule has 31 heavy (non-hydrogen) atoms. The molecule has 2 heterocycles. The molecular weight excluding hydrogens is 412 g/mol. The van der Waals surface area contributed by atoms with Crippen molar-refractivity contribution in [3.8, 4) is 11.5 Å². The maximum Gasteiger partial charge on any atom is 0.252 e. The zero-order valence-corrected chi connectivity index (χ0v) is 18.0. The van der Waals surface area contributed by atoms with Crippen LogP contribution in [0.1, 0.15) is 33.5 Å². The number of rotatable bonds is 8. The minimum absolute atomic E-state index is 0.207. The summed E-state index contributed by atoms with van der Waals surface area (Å²) in [6.07, 6.45) is 3.56. The number of aryl methyl sites for hydroxylation is 1. The van der Waals surface area contributed by atoms with E-state index in [2.05, 4.69) is 15.3 Å². The number of thiazole rings is 1. The largest absolute Gasteiger partial charge is 0.497 e. The Kier molecular flexibility index (Phi) is 6.28. The minimum Gasteiger partial charge on any atom is -0.497 e. The van der Waals surface area contributed by atoms with Gasteiger partial charge in [0.15, 0.2) is 0 Å². The predicted octanol–water partition coefficient (Wildman–Crippen LogP) is 3.98. The Morgan fingerprint density at radius 2 is 2.00 bits per heavy atom. The normalized spacial score (nSPS) is 11.7. The van der Waals surface area contributed by atoms with E-state index in [9.17, 15) is 4.79 Å². The first kappa shape index (κ1) is 20.6. The molecule has 1 unspecified atom stereocenters. The van der Waals surface area contributed by atoms with Crippen molar-refractivity contribution < 1.29 is 14.3 Å². The lowest BCUT2D eigenvalue weighted by Gasteiger charge is -2.20. The third kappa shape index (κ3) is 4.92. The highest BCUT2D eigenvalue weighted by Crippen LogP contribution is 2.25. The Labute approximate surface area is 184 Å². The summed E-state index contributed by atoms with van der Waals surface area (Å²) in [5, 5.41) is 5.03. The zero-order chi connectivity index (χ0) is 21.6. The van der Waals surface area contributed by atoms with Crippen molar-refractivity contribution in [2.45, 2.75) is 12.6 Å². The summed E-state index contributed by atoms with van der Waals surface area (Å²) in [6, 6.07) is 14.2. The van der Waals surface area contributed by atoms with Crippen LogP contribution in [-0.4, -0.2) is 27.6 Å². The summed E-state index contributed by atoms with van der Waals surface area (Å²) < 4.78 is 13.0. The number of nitrogens with zero attached hydrogens (tertiary/aromatic N) is 3. The molecule has 4 aromatic rings. The molecule has 0 aliphatic carbocycles. The summed E-state index contributed by atoms with van der Waals surface area (Å²) in [7, 11) is 3.52. The van der Waals surface area contributed by atoms with Crippen LogP contribution < -0.4 is 14.8 Å². The van der Waals surface area contributed by atoms with E-state index in [1.54, 1.807) is 43.1 Å². The molecule has 0 fully saturated rings. The number of carbonyl (C=O) groups is 1. The van der Waals surface area contributed by atoms with Crippen molar-refractivity contribution in [1.29, 1.82) is 0 Å². The average Bonchev–Trinajstić information content (AvgIpc) is 3.48. The standard InChI is InChI=1S/C23H22N4O3S/c1-27-11-10-24-22(27)21(17-4-3-5-20(12-17)29-2)26-23(28)16-6-8-19(9-7-16)30-13-18-14-31-15-25-18/h3-12,14-15,21H,13H2,1-2H3,(H,26,28). The van der Waals surface area contributed by atoms with Crippen molar-refractivity contribution >= 4 is 17.2 Å². The summed E-state index contributed by atoms with van der Waals surface area (Å²) >= 11 is 1.53. The van der Waals surface area contributed by atoms with Gasteiger partial charge in [-0.3, -0.25) is 4.79 Å². The molecule has 8 heteroatoms. The van der Waals surface area contributed by atoms with Crippen LogP contribution >= 0.6 is 11.3 Å². The summed E-state index contributed by atoms with van der Waals surface area (Å²) in [6.45, 7) is 0.395. The van der Waals surface area contributed by atoms with Gasteiger partial charge in [-0.1, -0.05) is 12.1 Å². The van der Waals surface area contributed by atoms with Gasteiger partial charge in [0.2, 0.25) is 0 Å². The number of hydrogen-bond acceptors (Lipinski definition) is 6. The second kappa shape index (κ2) is 9.44. The van der Waals surface area contributed by atoms with Crippen molar-refractivity contribution in [3.05, 3.63) is 94.5 Å². The Morgan fingerprint density at radius 1 is 1.16 bits per heavy atom. The monoisotopic (exact) mass is 434 g/mol. The maximum atomic E-state index is 13.0. The van der Waals surface area contributed by atoms with Crippen LogP contribution in [0.2, 0.25) is 0 Å². The fourth-order valence-electron chi connectivity index (χ4n) is 3.16. The van der Waals surface area contributed by atoms with Crippen LogP contribution in [0, 0.1) is 0 Å². The molecule has 2 aromatic heterocycles. The number of imidazole rings is 1. The van der Waals surface area contributed by atoms with Gasteiger partial charge in [0.25, 0.3) is 5.91 Å². The molecule has 4 rings (SSSR count). The first-order valence-electron chi connectivity index (χ1n) is 9.66. The van der Waals surface area contributed by atoms with Gasteiger partial charge in [0, 0.05) is 30.4 Å². The van der Waals surface area contributed by atoms with Crippen LogP contribution in [0.5, 0.6) is 11.5 Å². The Hall–Kier alpha value is -3.65. The van der Waals surface area contributed by atoms with E-state index < -0.39 is 6.04 Å². The molecule has 1 amide bonds. The maximum absolute atomic E-state index is 13.0. The number of carbonyl (C=O) groups excluding carboxylic acids is 1. The second-order valence-corrected chi connectivity index (χ2v) is 7.59. The summed E-state index contributed by atoms with van der Waals surface area (Å²) in [5.74, 6) is 1.91. The van der Waals surface area contributed by atoms with Gasteiger partial charge in [-0.25, -0.2) is 9.97 Å². The van der Waals surface area contributed by atoms with Gasteiger partial charge in [-0.05, 0) is 42.0 Å². The van der Waals surface area contributed by atoms with E-state index in [1.807, 2.05) is 47.5 Å². The zero-order valence-electron chi connectivity index (χ0n) is 17.2. The van der Waals surface area contributed by atoms with Gasteiger partial charge in [-0.15, -0.1) is 11.3 Å². The predicted molar refractivity (Wildman–Crippen MR) is 118 cm³/mol. The lowest BCUT2D eigenvalue weighted by atomic mass is 10.0. The molecule has 1 atom stereocenters. The number of benzene rings is 2. The van der Waals surface area contributed by atoms with Crippen molar-refractivity contribution in [1.82, 2.24) is 19.9 Å². The van der Waals surface area contributed by atoms with Crippen molar-refractivity contribution in [2.75, 3.05) is 7.11 Å². The van der Waals surface area contributed by atoms with Crippen LogP contribution in [0.25, 0.3) is 0 Å². The van der Waals surface area contributed by atoms with Crippen LogP contribution in [0.15, 0.2) is 71.8 Å². The van der Waals surface area contributed by atoms with E-state index in [0.29, 0.717) is 23.7 Å². The topological polar surface area (TPSA) is 78.3 Å². The highest BCUT2D eigenvalue weighted by Gasteiger charge is 2.22. The number of nitrogens with one attached hydrogen (secondary N) is 1. The molecule has 2 aromatic carbocycles. The molecule has 0 saturated heterocycles. The Morgan fingerprint density at radius 3 is 2.68 bits per heavy atom. The molecule has 1 N–H and O–H groups in total. The average molecular weight is 435 g/mol. The third-order valence-corrected chi connectivity index (χ3v) is 5.44. The Bertz CT molecular complexity index is 1140. The lowest BCUT2D eigenvalue weighted by Crippen LogP contribution is -2.31. The molecule has 7 nitrogen and oxygen atoms in total. The lowest BCUT2D eigenvalue weighted by molar-refractivity contribution is 0.0941.